The minimum atomic E-state index is -0.207. The van der Waals surface area contributed by atoms with Crippen molar-refractivity contribution in [3.8, 4) is 5.75 Å². The topological polar surface area (TPSA) is 46.2 Å². The maximum Gasteiger partial charge on any atom is 0.146 e. The van der Waals surface area contributed by atoms with Crippen molar-refractivity contribution in [3.63, 3.8) is 0 Å². The van der Waals surface area contributed by atoms with Crippen LogP contribution in [0.2, 0.25) is 0 Å². The summed E-state index contributed by atoms with van der Waals surface area (Å²) in [5, 5.41) is 0. The number of methoxy groups -OCH3 is 3. The lowest BCUT2D eigenvalue weighted by atomic mass is 10.1. The molecule has 2 atom stereocenters. The second kappa shape index (κ2) is 11.2. The standard InChI is InChI=1S/C17H26O5/c1-5-6-16(20-4)17(22-13-18-2)12-21-11-14-7-9-15(19-3)10-8-14/h5,7-10,16-17H,1,6,11-13H2,2-4H3/t16-,17-/m1/s1. The van der Waals surface area contributed by atoms with E-state index < -0.39 is 0 Å². The molecule has 0 unspecified atom stereocenters. The van der Waals surface area contributed by atoms with Crippen LogP contribution in [0.15, 0.2) is 36.9 Å². The molecule has 0 saturated carbocycles. The average Bonchev–Trinajstić information content (AvgIpc) is 2.56. The van der Waals surface area contributed by atoms with Crippen LogP contribution in [-0.4, -0.2) is 46.9 Å². The minimum absolute atomic E-state index is 0.108. The van der Waals surface area contributed by atoms with Gasteiger partial charge in [-0.3, -0.25) is 0 Å². The van der Waals surface area contributed by atoms with Crippen molar-refractivity contribution in [2.75, 3.05) is 34.7 Å². The Morgan fingerprint density at radius 3 is 2.36 bits per heavy atom. The van der Waals surface area contributed by atoms with Gasteiger partial charge in [0.05, 0.1) is 26.4 Å². The Hall–Kier alpha value is -1.40. The number of ether oxygens (including phenoxy) is 5. The highest BCUT2D eigenvalue weighted by atomic mass is 16.7. The molecule has 0 amide bonds. The maximum absolute atomic E-state index is 5.75. The Balaban J connectivity index is 2.48. The van der Waals surface area contributed by atoms with Crippen molar-refractivity contribution in [2.24, 2.45) is 0 Å². The van der Waals surface area contributed by atoms with E-state index in [1.165, 1.54) is 0 Å². The van der Waals surface area contributed by atoms with E-state index in [0.717, 1.165) is 11.3 Å². The molecular weight excluding hydrogens is 284 g/mol. The van der Waals surface area contributed by atoms with Crippen molar-refractivity contribution < 1.29 is 23.7 Å². The molecule has 5 nitrogen and oxygen atoms in total. The molecule has 5 heteroatoms. The van der Waals surface area contributed by atoms with E-state index in [2.05, 4.69) is 6.58 Å². The molecule has 0 aromatic heterocycles. The van der Waals surface area contributed by atoms with E-state index in [0.29, 0.717) is 19.6 Å². The van der Waals surface area contributed by atoms with Crippen molar-refractivity contribution in [1.29, 1.82) is 0 Å². The van der Waals surface area contributed by atoms with E-state index in [9.17, 15) is 0 Å². The predicted octanol–water partition coefficient (Wildman–Crippen LogP) is 2.79. The van der Waals surface area contributed by atoms with Gasteiger partial charge in [-0.2, -0.15) is 0 Å². The van der Waals surface area contributed by atoms with Crippen LogP contribution in [0.4, 0.5) is 0 Å². The monoisotopic (exact) mass is 310 g/mol. The fourth-order valence-corrected chi connectivity index (χ4v) is 2.00. The van der Waals surface area contributed by atoms with Gasteiger partial charge >= 0.3 is 0 Å². The highest BCUT2D eigenvalue weighted by molar-refractivity contribution is 5.26. The zero-order valence-electron chi connectivity index (χ0n) is 13.6. The summed E-state index contributed by atoms with van der Waals surface area (Å²) in [6.07, 6.45) is 2.18. The highest BCUT2D eigenvalue weighted by Crippen LogP contribution is 2.14. The first-order valence-electron chi connectivity index (χ1n) is 7.20. The largest absolute Gasteiger partial charge is 0.497 e. The fourth-order valence-electron chi connectivity index (χ4n) is 2.00. The maximum atomic E-state index is 5.75. The summed E-state index contributed by atoms with van der Waals surface area (Å²) in [6, 6.07) is 7.77. The van der Waals surface area contributed by atoms with Crippen molar-refractivity contribution in [2.45, 2.75) is 25.2 Å². The highest BCUT2D eigenvalue weighted by Gasteiger charge is 2.21. The quantitative estimate of drug-likeness (QED) is 0.439. The lowest BCUT2D eigenvalue weighted by Gasteiger charge is -2.25. The van der Waals surface area contributed by atoms with Gasteiger partial charge in [-0.25, -0.2) is 0 Å². The Kier molecular flexibility index (Phi) is 9.50. The lowest BCUT2D eigenvalue weighted by molar-refractivity contribution is -0.143. The predicted molar refractivity (Wildman–Crippen MR) is 85.0 cm³/mol. The molecule has 0 spiro atoms. The summed E-state index contributed by atoms with van der Waals surface area (Å²) in [6.45, 7) is 4.86. The summed E-state index contributed by atoms with van der Waals surface area (Å²) in [7, 11) is 4.89. The molecule has 0 fully saturated rings. The minimum Gasteiger partial charge on any atom is -0.497 e. The fraction of sp³-hybridized carbons (Fsp3) is 0.529. The molecule has 0 N–H and O–H groups in total. The summed E-state index contributed by atoms with van der Waals surface area (Å²) in [4.78, 5) is 0. The van der Waals surface area contributed by atoms with E-state index >= 15 is 0 Å². The van der Waals surface area contributed by atoms with Crippen LogP contribution in [0.25, 0.3) is 0 Å². The molecule has 124 valence electrons. The lowest BCUT2D eigenvalue weighted by Crippen LogP contribution is -2.35. The summed E-state index contributed by atoms with van der Waals surface area (Å²) < 4.78 is 26.9. The Morgan fingerprint density at radius 2 is 1.82 bits per heavy atom. The molecule has 0 saturated heterocycles. The molecule has 0 bridgehead atoms. The Labute approximate surface area is 132 Å². The van der Waals surface area contributed by atoms with Gasteiger partial charge in [0.15, 0.2) is 0 Å². The van der Waals surface area contributed by atoms with E-state index in [4.69, 9.17) is 23.7 Å². The van der Waals surface area contributed by atoms with Gasteiger partial charge in [-0.1, -0.05) is 18.2 Å². The molecule has 1 aromatic carbocycles. The second-order valence-corrected chi connectivity index (χ2v) is 4.77. The van der Waals surface area contributed by atoms with Gasteiger partial charge in [0.2, 0.25) is 0 Å². The average molecular weight is 310 g/mol. The molecular formula is C17H26O5. The molecule has 0 heterocycles. The molecule has 1 rings (SSSR count). The summed E-state index contributed by atoms with van der Waals surface area (Å²) in [5.41, 5.74) is 1.07. The molecule has 1 aromatic rings. The zero-order valence-corrected chi connectivity index (χ0v) is 13.6. The Morgan fingerprint density at radius 1 is 1.09 bits per heavy atom. The van der Waals surface area contributed by atoms with Gasteiger partial charge in [0.1, 0.15) is 18.6 Å². The third-order valence-corrected chi connectivity index (χ3v) is 3.23. The smallest absolute Gasteiger partial charge is 0.146 e. The van der Waals surface area contributed by atoms with Crippen LogP contribution in [0, 0.1) is 0 Å². The normalized spacial score (nSPS) is 13.6. The number of hydrogen-bond acceptors (Lipinski definition) is 5. The number of benzene rings is 1. The van der Waals surface area contributed by atoms with Gasteiger partial charge in [-0.05, 0) is 24.1 Å². The van der Waals surface area contributed by atoms with Gasteiger partial charge in [0.25, 0.3) is 0 Å². The third-order valence-electron chi connectivity index (χ3n) is 3.23. The van der Waals surface area contributed by atoms with Crippen LogP contribution in [0.1, 0.15) is 12.0 Å². The molecule has 22 heavy (non-hydrogen) atoms. The molecule has 0 aliphatic carbocycles. The van der Waals surface area contributed by atoms with Crippen molar-refractivity contribution in [1.82, 2.24) is 0 Å². The number of hydrogen-bond donors (Lipinski definition) is 0. The van der Waals surface area contributed by atoms with Gasteiger partial charge in [-0.15, -0.1) is 6.58 Å². The van der Waals surface area contributed by atoms with Gasteiger partial charge < -0.3 is 23.7 Å². The van der Waals surface area contributed by atoms with Crippen molar-refractivity contribution >= 4 is 0 Å². The zero-order chi connectivity index (χ0) is 16.2. The SMILES string of the molecule is C=CC[C@@H](OC)[C@@H](COCc1ccc(OC)cc1)OCOC. The first kappa shape index (κ1) is 18.6. The Bertz CT molecular complexity index is 404. The van der Waals surface area contributed by atoms with Crippen LogP contribution < -0.4 is 4.74 Å². The molecule has 0 aliphatic heterocycles. The van der Waals surface area contributed by atoms with Crippen LogP contribution in [-0.2, 0) is 25.6 Å². The third kappa shape index (κ3) is 6.58. The van der Waals surface area contributed by atoms with Crippen LogP contribution in [0.3, 0.4) is 0 Å². The van der Waals surface area contributed by atoms with E-state index in [1.807, 2.05) is 24.3 Å². The first-order chi connectivity index (χ1) is 10.7. The van der Waals surface area contributed by atoms with E-state index in [1.54, 1.807) is 27.4 Å². The number of rotatable bonds is 12. The molecule has 0 radical (unpaired) electrons. The van der Waals surface area contributed by atoms with Crippen LogP contribution >= 0.6 is 0 Å². The molecule has 0 aliphatic rings. The summed E-state index contributed by atoms with van der Waals surface area (Å²) in [5.74, 6) is 0.829. The van der Waals surface area contributed by atoms with E-state index in [-0.39, 0.29) is 19.0 Å². The van der Waals surface area contributed by atoms with Crippen molar-refractivity contribution in [3.05, 3.63) is 42.5 Å². The first-order valence-corrected chi connectivity index (χ1v) is 7.20. The van der Waals surface area contributed by atoms with Gasteiger partial charge in [0, 0.05) is 14.2 Å². The van der Waals surface area contributed by atoms with Crippen LogP contribution in [0.5, 0.6) is 5.75 Å². The summed E-state index contributed by atoms with van der Waals surface area (Å²) >= 11 is 0. The second-order valence-electron chi connectivity index (χ2n) is 4.77.